The molecule has 0 aromatic heterocycles. The van der Waals surface area contributed by atoms with Crippen LogP contribution in [-0.2, 0) is 12.8 Å². The Labute approximate surface area is 186 Å². The van der Waals surface area contributed by atoms with E-state index in [2.05, 4.69) is 20.8 Å². The fourth-order valence-corrected chi connectivity index (χ4v) is 4.08. The van der Waals surface area contributed by atoms with Gasteiger partial charge in [-0.3, -0.25) is 0 Å². The smallest absolute Gasteiger partial charge is 0.200 e. The van der Waals surface area contributed by atoms with Crippen LogP contribution in [-0.4, -0.2) is 16.8 Å². The summed E-state index contributed by atoms with van der Waals surface area (Å²) in [6, 6.07) is 1.78. The number of unbranched alkanes of at least 4 members (excludes halogenated alkanes) is 12. The first-order valence-electron chi connectivity index (χ1n) is 12.8. The molecule has 3 nitrogen and oxygen atoms in total. The Balaban J connectivity index is 2.82. The summed E-state index contributed by atoms with van der Waals surface area (Å²) in [4.78, 5) is 0. The van der Waals surface area contributed by atoms with Crippen LogP contribution in [0.3, 0.4) is 0 Å². The lowest BCUT2D eigenvalue weighted by atomic mass is 9.94. The second-order valence-electron chi connectivity index (χ2n) is 8.80. The number of rotatable bonds is 19. The molecule has 1 aromatic carbocycles. The van der Waals surface area contributed by atoms with Gasteiger partial charge in [0.1, 0.15) is 0 Å². The monoisotopic (exact) mass is 420 g/mol. The van der Waals surface area contributed by atoms with E-state index in [9.17, 15) is 10.2 Å². The van der Waals surface area contributed by atoms with Crippen LogP contribution in [0.5, 0.6) is 17.2 Å². The Kier molecular flexibility index (Phi) is 15.4. The summed E-state index contributed by atoms with van der Waals surface area (Å²) in [5.74, 6) is 0.445. The van der Waals surface area contributed by atoms with Gasteiger partial charge in [-0.2, -0.15) is 0 Å². The van der Waals surface area contributed by atoms with E-state index >= 15 is 0 Å². The molecule has 0 spiro atoms. The number of ether oxygens (including phenoxy) is 1. The van der Waals surface area contributed by atoms with Gasteiger partial charge >= 0.3 is 0 Å². The Bertz CT molecular complexity index is 554. The fraction of sp³-hybridized carbons (Fsp3) is 0.778. The Morgan fingerprint density at radius 2 is 1.13 bits per heavy atom. The molecule has 0 heterocycles. The van der Waals surface area contributed by atoms with E-state index in [4.69, 9.17) is 4.74 Å². The molecule has 0 saturated heterocycles. The van der Waals surface area contributed by atoms with Crippen molar-refractivity contribution in [2.75, 3.05) is 6.61 Å². The molecule has 0 aliphatic heterocycles. The van der Waals surface area contributed by atoms with Crippen LogP contribution >= 0.6 is 0 Å². The minimum absolute atomic E-state index is 0.0331. The van der Waals surface area contributed by atoms with Gasteiger partial charge in [-0.1, -0.05) is 97.8 Å². The first-order valence-corrected chi connectivity index (χ1v) is 12.8. The predicted molar refractivity (Wildman–Crippen MR) is 129 cm³/mol. The zero-order valence-corrected chi connectivity index (χ0v) is 20.1. The van der Waals surface area contributed by atoms with Crippen LogP contribution in [0.25, 0.3) is 0 Å². The summed E-state index contributed by atoms with van der Waals surface area (Å²) in [6.45, 7) is 7.30. The van der Waals surface area contributed by atoms with Crippen molar-refractivity contribution in [3.8, 4) is 17.2 Å². The molecule has 1 aromatic rings. The number of aromatic hydroxyl groups is 2. The van der Waals surface area contributed by atoms with Crippen LogP contribution in [0.1, 0.15) is 128 Å². The van der Waals surface area contributed by atoms with Crippen molar-refractivity contribution in [3.05, 3.63) is 17.2 Å². The lowest BCUT2D eigenvalue weighted by Gasteiger charge is -2.18. The molecule has 0 fully saturated rings. The number of aryl methyl sites for hydroxylation is 1. The van der Waals surface area contributed by atoms with E-state index < -0.39 is 0 Å². The Hall–Kier alpha value is -1.38. The molecule has 174 valence electrons. The molecule has 2 N–H and O–H groups in total. The van der Waals surface area contributed by atoms with Crippen molar-refractivity contribution >= 4 is 0 Å². The largest absolute Gasteiger partial charge is 0.504 e. The lowest BCUT2D eigenvalue weighted by molar-refractivity contribution is 0.279. The molecule has 30 heavy (non-hydrogen) atoms. The summed E-state index contributed by atoms with van der Waals surface area (Å²) in [7, 11) is 0. The number of benzene rings is 1. The predicted octanol–water partition coefficient (Wildman–Crippen LogP) is 8.47. The third kappa shape index (κ3) is 10.6. The van der Waals surface area contributed by atoms with Gasteiger partial charge in [-0.15, -0.1) is 0 Å². The molecule has 0 unspecified atom stereocenters. The van der Waals surface area contributed by atoms with Crippen molar-refractivity contribution in [1.29, 1.82) is 0 Å². The van der Waals surface area contributed by atoms with E-state index in [1.807, 2.05) is 0 Å². The Morgan fingerprint density at radius 3 is 1.70 bits per heavy atom. The molecule has 1 rings (SSSR count). The van der Waals surface area contributed by atoms with Gasteiger partial charge in [0.25, 0.3) is 0 Å². The second kappa shape index (κ2) is 17.3. The van der Waals surface area contributed by atoms with E-state index in [0.29, 0.717) is 12.4 Å². The highest BCUT2D eigenvalue weighted by atomic mass is 16.5. The third-order valence-corrected chi connectivity index (χ3v) is 6.00. The van der Waals surface area contributed by atoms with Crippen LogP contribution in [0.15, 0.2) is 6.07 Å². The highest BCUT2D eigenvalue weighted by Crippen LogP contribution is 2.42. The molecule has 0 amide bonds. The number of hydrogen-bond donors (Lipinski definition) is 2. The molecule has 0 aliphatic carbocycles. The van der Waals surface area contributed by atoms with Gasteiger partial charge in [0.15, 0.2) is 11.5 Å². The summed E-state index contributed by atoms with van der Waals surface area (Å²) in [6.07, 6.45) is 20.0. The summed E-state index contributed by atoms with van der Waals surface area (Å²) < 4.78 is 6.08. The average Bonchev–Trinajstić information content (AvgIpc) is 2.74. The first kappa shape index (κ1) is 26.7. The third-order valence-electron chi connectivity index (χ3n) is 6.00. The molecular weight excluding hydrogens is 372 g/mol. The maximum absolute atomic E-state index is 10.6. The van der Waals surface area contributed by atoms with Gasteiger partial charge in [0.2, 0.25) is 5.75 Å². The molecule has 0 atom stereocenters. The molecular formula is C27H48O3. The van der Waals surface area contributed by atoms with Crippen molar-refractivity contribution < 1.29 is 14.9 Å². The van der Waals surface area contributed by atoms with Crippen molar-refractivity contribution in [3.63, 3.8) is 0 Å². The number of phenolic OH excluding ortho intramolecular Hbond substituents is 2. The van der Waals surface area contributed by atoms with Crippen LogP contribution in [0.2, 0.25) is 0 Å². The van der Waals surface area contributed by atoms with Crippen molar-refractivity contribution in [1.82, 2.24) is 0 Å². The second-order valence-corrected chi connectivity index (χ2v) is 8.80. The lowest BCUT2D eigenvalue weighted by Crippen LogP contribution is -2.05. The van der Waals surface area contributed by atoms with Crippen LogP contribution in [0.4, 0.5) is 0 Å². The maximum atomic E-state index is 10.6. The fourth-order valence-electron chi connectivity index (χ4n) is 4.08. The average molecular weight is 421 g/mol. The summed E-state index contributed by atoms with van der Waals surface area (Å²) in [5, 5.41) is 20.9. The van der Waals surface area contributed by atoms with Gasteiger partial charge in [-0.05, 0) is 43.7 Å². The minimum atomic E-state index is -0.0677. The highest BCUT2D eigenvalue weighted by molar-refractivity contribution is 5.58. The standard InChI is InChI=1S/C27H48O3/c1-4-7-10-13-16-19-23-22-25(28)26(29)27(30-21-18-15-12-9-6-3)24(23)20-17-14-11-8-5-2/h22,28-29H,4-21H2,1-3H3. The SMILES string of the molecule is CCCCCCCOc1c(O)c(O)cc(CCCCCCC)c1CCCCCCC. The van der Waals surface area contributed by atoms with Gasteiger partial charge in [0.05, 0.1) is 6.61 Å². The normalized spacial score (nSPS) is 11.2. The number of hydrogen-bond acceptors (Lipinski definition) is 3. The van der Waals surface area contributed by atoms with E-state index in [-0.39, 0.29) is 11.5 Å². The zero-order chi connectivity index (χ0) is 22.0. The van der Waals surface area contributed by atoms with Gasteiger partial charge in [0, 0.05) is 5.56 Å². The summed E-state index contributed by atoms with van der Waals surface area (Å²) >= 11 is 0. The van der Waals surface area contributed by atoms with Crippen molar-refractivity contribution in [2.24, 2.45) is 0 Å². The van der Waals surface area contributed by atoms with E-state index in [0.717, 1.165) is 44.1 Å². The topological polar surface area (TPSA) is 49.7 Å². The highest BCUT2D eigenvalue weighted by Gasteiger charge is 2.18. The number of phenols is 2. The molecule has 0 bridgehead atoms. The molecule has 0 saturated carbocycles. The van der Waals surface area contributed by atoms with Crippen molar-refractivity contribution in [2.45, 2.75) is 130 Å². The summed E-state index contributed by atoms with van der Waals surface area (Å²) in [5.41, 5.74) is 2.30. The first-order chi connectivity index (χ1) is 14.7. The van der Waals surface area contributed by atoms with Gasteiger partial charge in [-0.25, -0.2) is 0 Å². The Morgan fingerprint density at radius 1 is 0.633 bits per heavy atom. The molecule has 3 heteroatoms. The quantitative estimate of drug-likeness (QED) is 0.174. The maximum Gasteiger partial charge on any atom is 0.200 e. The van der Waals surface area contributed by atoms with Crippen LogP contribution < -0.4 is 4.74 Å². The van der Waals surface area contributed by atoms with Gasteiger partial charge < -0.3 is 14.9 Å². The van der Waals surface area contributed by atoms with E-state index in [1.165, 1.54) is 76.2 Å². The molecule has 0 aliphatic rings. The minimum Gasteiger partial charge on any atom is -0.504 e. The van der Waals surface area contributed by atoms with Crippen LogP contribution in [0, 0.1) is 0 Å². The van der Waals surface area contributed by atoms with E-state index in [1.54, 1.807) is 6.07 Å². The molecule has 0 radical (unpaired) electrons. The zero-order valence-electron chi connectivity index (χ0n) is 20.1.